The van der Waals surface area contributed by atoms with E-state index in [0.29, 0.717) is 18.0 Å². The summed E-state index contributed by atoms with van der Waals surface area (Å²) in [5.41, 5.74) is 1.29. The van der Waals surface area contributed by atoms with Gasteiger partial charge in [-0.3, -0.25) is 4.79 Å². The summed E-state index contributed by atoms with van der Waals surface area (Å²) in [7, 11) is 1.42. The second-order valence-corrected chi connectivity index (χ2v) is 5.95. The lowest BCUT2D eigenvalue weighted by Crippen LogP contribution is -2.11. The molecule has 0 fully saturated rings. The molecule has 0 aliphatic carbocycles. The molecule has 7 heteroatoms. The van der Waals surface area contributed by atoms with Gasteiger partial charge in [-0.25, -0.2) is 4.79 Å². The van der Waals surface area contributed by atoms with Gasteiger partial charge < -0.3 is 19.5 Å². The molecule has 1 N–H and O–H groups in total. The van der Waals surface area contributed by atoms with Crippen molar-refractivity contribution in [2.45, 2.75) is 13.8 Å². The molecule has 0 aliphatic rings. The van der Waals surface area contributed by atoms with Gasteiger partial charge in [-0.15, -0.1) is 0 Å². The number of hydrogen-bond donors (Lipinski definition) is 1. The first-order chi connectivity index (χ1) is 13.5. The Bertz CT molecular complexity index is 879. The number of ether oxygens (including phenoxy) is 3. The van der Waals surface area contributed by atoms with E-state index >= 15 is 0 Å². The molecule has 0 heterocycles. The number of para-hydroxylation sites is 1. The molecule has 0 bridgehead atoms. The Morgan fingerprint density at radius 2 is 1.86 bits per heavy atom. The molecule has 0 saturated heterocycles. The first-order valence-electron chi connectivity index (χ1n) is 8.75. The highest BCUT2D eigenvalue weighted by Gasteiger charge is 2.17. The summed E-state index contributed by atoms with van der Waals surface area (Å²) in [5.74, 6) is 0.00190. The number of benzene rings is 2. The van der Waals surface area contributed by atoms with E-state index in [4.69, 9.17) is 25.8 Å². The van der Waals surface area contributed by atoms with Crippen molar-refractivity contribution in [2.24, 2.45) is 0 Å². The van der Waals surface area contributed by atoms with Gasteiger partial charge in [0.2, 0.25) is 5.91 Å². The van der Waals surface area contributed by atoms with E-state index in [1.165, 1.54) is 25.3 Å². The van der Waals surface area contributed by atoms with Crippen LogP contribution in [0.2, 0.25) is 5.02 Å². The minimum absolute atomic E-state index is 0.188. The summed E-state index contributed by atoms with van der Waals surface area (Å²) in [6.45, 7) is 4.35. The highest BCUT2D eigenvalue weighted by molar-refractivity contribution is 6.34. The molecule has 0 aliphatic heterocycles. The van der Waals surface area contributed by atoms with Crippen molar-refractivity contribution < 1.29 is 23.8 Å². The number of rotatable bonds is 8. The van der Waals surface area contributed by atoms with Gasteiger partial charge in [-0.05, 0) is 32.1 Å². The van der Waals surface area contributed by atoms with Crippen molar-refractivity contribution in [2.75, 3.05) is 25.6 Å². The normalized spacial score (nSPS) is 10.6. The largest absolute Gasteiger partial charge is 0.496 e. The number of carbonyl (C=O) groups excluding carboxylic acids is 2. The molecule has 0 spiro atoms. The SMILES string of the molecule is CCOC(=O)c1cc(Cl)c(NC(=O)/C=C/c2ccccc2OCC)cc1OC. The lowest BCUT2D eigenvalue weighted by molar-refractivity contribution is -0.111. The van der Waals surface area contributed by atoms with Crippen LogP contribution in [-0.4, -0.2) is 32.2 Å². The van der Waals surface area contributed by atoms with E-state index in [-0.39, 0.29) is 28.8 Å². The van der Waals surface area contributed by atoms with Crippen LogP contribution in [-0.2, 0) is 9.53 Å². The maximum absolute atomic E-state index is 12.3. The molecule has 0 aromatic heterocycles. The van der Waals surface area contributed by atoms with E-state index in [1.807, 2.05) is 31.2 Å². The van der Waals surface area contributed by atoms with Crippen molar-refractivity contribution in [1.29, 1.82) is 0 Å². The third-order valence-corrected chi connectivity index (χ3v) is 3.99. The number of amides is 1. The Kier molecular flexibility index (Phi) is 7.89. The third kappa shape index (κ3) is 5.50. The molecule has 0 radical (unpaired) electrons. The smallest absolute Gasteiger partial charge is 0.341 e. The summed E-state index contributed by atoms with van der Waals surface area (Å²) in [6.07, 6.45) is 3.03. The summed E-state index contributed by atoms with van der Waals surface area (Å²) in [6, 6.07) is 10.3. The van der Waals surface area contributed by atoms with Gasteiger partial charge in [-0.1, -0.05) is 29.8 Å². The molecule has 6 nitrogen and oxygen atoms in total. The van der Waals surface area contributed by atoms with E-state index in [9.17, 15) is 9.59 Å². The van der Waals surface area contributed by atoms with Gasteiger partial charge in [0.15, 0.2) is 0 Å². The quantitative estimate of drug-likeness (QED) is 0.516. The Balaban J connectivity index is 2.19. The summed E-state index contributed by atoms with van der Waals surface area (Å²) in [5, 5.41) is 2.87. The fraction of sp³-hybridized carbons (Fsp3) is 0.238. The molecule has 0 unspecified atom stereocenters. The van der Waals surface area contributed by atoms with Gasteiger partial charge in [0, 0.05) is 17.7 Å². The maximum atomic E-state index is 12.3. The van der Waals surface area contributed by atoms with Gasteiger partial charge >= 0.3 is 5.97 Å². The van der Waals surface area contributed by atoms with E-state index in [1.54, 1.807) is 13.0 Å². The fourth-order valence-electron chi connectivity index (χ4n) is 2.43. The Morgan fingerprint density at radius 3 is 2.54 bits per heavy atom. The zero-order chi connectivity index (χ0) is 20.5. The van der Waals surface area contributed by atoms with E-state index in [2.05, 4.69) is 5.32 Å². The van der Waals surface area contributed by atoms with E-state index < -0.39 is 5.97 Å². The van der Waals surface area contributed by atoms with Gasteiger partial charge in [-0.2, -0.15) is 0 Å². The number of halogens is 1. The van der Waals surface area contributed by atoms with E-state index in [0.717, 1.165) is 5.56 Å². The average molecular weight is 404 g/mol. The maximum Gasteiger partial charge on any atom is 0.341 e. The van der Waals surface area contributed by atoms with Crippen LogP contribution in [0, 0.1) is 0 Å². The summed E-state index contributed by atoms with van der Waals surface area (Å²) >= 11 is 6.21. The molecule has 0 atom stereocenters. The molecule has 148 valence electrons. The van der Waals surface area contributed by atoms with Crippen LogP contribution in [0.3, 0.4) is 0 Å². The predicted octanol–water partition coefficient (Wildman–Crippen LogP) is 4.58. The molecule has 0 saturated carbocycles. The Hall–Kier alpha value is -2.99. The molecule has 28 heavy (non-hydrogen) atoms. The number of methoxy groups -OCH3 is 1. The van der Waals surface area contributed by atoms with Gasteiger partial charge in [0.05, 0.1) is 31.0 Å². The molecule has 2 aromatic carbocycles. The lowest BCUT2D eigenvalue weighted by Gasteiger charge is -2.12. The second kappa shape index (κ2) is 10.4. The Morgan fingerprint density at radius 1 is 1.11 bits per heavy atom. The monoisotopic (exact) mass is 403 g/mol. The number of nitrogens with one attached hydrogen (secondary N) is 1. The highest BCUT2D eigenvalue weighted by Crippen LogP contribution is 2.31. The predicted molar refractivity (Wildman–Crippen MR) is 109 cm³/mol. The zero-order valence-corrected chi connectivity index (χ0v) is 16.7. The van der Waals surface area contributed by atoms with Crippen LogP contribution in [0.4, 0.5) is 5.69 Å². The van der Waals surface area contributed by atoms with Crippen molar-refractivity contribution in [3.63, 3.8) is 0 Å². The number of hydrogen-bond acceptors (Lipinski definition) is 5. The van der Waals surface area contributed by atoms with Crippen LogP contribution < -0.4 is 14.8 Å². The molecule has 2 rings (SSSR count). The van der Waals surface area contributed by atoms with Crippen LogP contribution in [0.5, 0.6) is 11.5 Å². The van der Waals surface area contributed by atoms with Crippen molar-refractivity contribution in [1.82, 2.24) is 0 Å². The topological polar surface area (TPSA) is 73.9 Å². The number of esters is 1. The fourth-order valence-corrected chi connectivity index (χ4v) is 2.64. The first kappa shape index (κ1) is 21.3. The minimum atomic E-state index is -0.549. The minimum Gasteiger partial charge on any atom is -0.496 e. The second-order valence-electron chi connectivity index (χ2n) is 5.55. The van der Waals surface area contributed by atoms with Crippen LogP contribution >= 0.6 is 11.6 Å². The van der Waals surface area contributed by atoms with Crippen LogP contribution in [0.25, 0.3) is 6.08 Å². The highest BCUT2D eigenvalue weighted by atomic mass is 35.5. The molecule has 2 aromatic rings. The molecular formula is C21H22ClNO5. The average Bonchev–Trinajstić information content (AvgIpc) is 2.69. The lowest BCUT2D eigenvalue weighted by atomic mass is 10.1. The third-order valence-electron chi connectivity index (χ3n) is 3.68. The van der Waals surface area contributed by atoms with Crippen molar-refractivity contribution in [3.05, 3.63) is 58.6 Å². The molecular weight excluding hydrogens is 382 g/mol. The van der Waals surface area contributed by atoms with Crippen molar-refractivity contribution in [3.8, 4) is 11.5 Å². The van der Waals surface area contributed by atoms with Crippen LogP contribution in [0.1, 0.15) is 29.8 Å². The number of carbonyl (C=O) groups is 2. The number of anilines is 1. The van der Waals surface area contributed by atoms with Crippen molar-refractivity contribution >= 4 is 35.2 Å². The standard InChI is InChI=1S/C21H22ClNO5/c1-4-27-18-9-7-6-8-14(18)10-11-20(24)23-17-13-19(26-3)15(12-16(17)22)21(25)28-5-2/h6-13H,4-5H2,1-3H3,(H,23,24)/b11-10+. The summed E-state index contributed by atoms with van der Waals surface area (Å²) < 4.78 is 15.7. The van der Waals surface area contributed by atoms with Gasteiger partial charge in [0.1, 0.15) is 17.1 Å². The Labute approximate surface area is 169 Å². The first-order valence-corrected chi connectivity index (χ1v) is 9.13. The zero-order valence-electron chi connectivity index (χ0n) is 16.0. The van der Waals surface area contributed by atoms with Gasteiger partial charge in [0.25, 0.3) is 0 Å². The molecule has 1 amide bonds. The van der Waals surface area contributed by atoms with Crippen LogP contribution in [0.15, 0.2) is 42.5 Å². The summed E-state index contributed by atoms with van der Waals surface area (Å²) in [4.78, 5) is 24.3.